The van der Waals surface area contributed by atoms with Gasteiger partial charge in [0.05, 0.1) is 5.69 Å². The van der Waals surface area contributed by atoms with Gasteiger partial charge in [-0.25, -0.2) is 10.4 Å². The number of amides is 1. The number of benzene rings is 1. The number of aryl methyl sites for hydroxylation is 1. The molecule has 0 radical (unpaired) electrons. The summed E-state index contributed by atoms with van der Waals surface area (Å²) >= 11 is 7.20. The molecule has 28 heavy (non-hydrogen) atoms. The van der Waals surface area contributed by atoms with Crippen LogP contribution in [0.15, 0.2) is 53.3 Å². The van der Waals surface area contributed by atoms with E-state index in [9.17, 15) is 4.79 Å². The van der Waals surface area contributed by atoms with Crippen LogP contribution in [0.3, 0.4) is 0 Å². The Balaban J connectivity index is 1.44. The van der Waals surface area contributed by atoms with E-state index in [0.29, 0.717) is 21.4 Å². The topological polar surface area (TPSA) is 106 Å². The molecule has 0 atom stereocenters. The van der Waals surface area contributed by atoms with Crippen molar-refractivity contribution in [2.75, 3.05) is 5.43 Å². The summed E-state index contributed by atoms with van der Waals surface area (Å²) in [6, 6.07) is 10.9. The van der Waals surface area contributed by atoms with Crippen LogP contribution < -0.4 is 10.9 Å². The van der Waals surface area contributed by atoms with E-state index in [0.717, 1.165) is 16.1 Å². The number of anilines is 1. The van der Waals surface area contributed by atoms with Gasteiger partial charge in [0.1, 0.15) is 9.88 Å². The maximum absolute atomic E-state index is 12.5. The number of hydrogen-bond acceptors (Lipinski definition) is 8. The second-order valence-corrected chi connectivity index (χ2v) is 7.11. The number of aromatic nitrogens is 4. The summed E-state index contributed by atoms with van der Waals surface area (Å²) in [5.41, 5.74) is 7.44. The Morgan fingerprint density at radius 3 is 2.57 bits per heavy atom. The van der Waals surface area contributed by atoms with E-state index < -0.39 is 0 Å². The highest BCUT2D eigenvalue weighted by atomic mass is 35.5. The predicted molar refractivity (Wildman–Crippen MR) is 106 cm³/mol. The molecular weight excluding hydrogens is 400 g/mol. The highest BCUT2D eigenvalue weighted by molar-refractivity contribution is 7.17. The maximum Gasteiger partial charge on any atom is 0.340 e. The zero-order chi connectivity index (χ0) is 19.5. The minimum atomic E-state index is -0.348. The highest BCUT2D eigenvalue weighted by Crippen LogP contribution is 2.28. The Morgan fingerprint density at radius 1 is 1.07 bits per heavy atom. The van der Waals surface area contributed by atoms with Crippen LogP contribution in [0.2, 0.25) is 5.02 Å². The number of nitrogens with zero attached hydrogens (tertiary/aromatic N) is 4. The van der Waals surface area contributed by atoms with E-state index in [4.69, 9.17) is 16.1 Å². The maximum atomic E-state index is 12.5. The Bertz CT molecular complexity index is 1110. The Kier molecular flexibility index (Phi) is 5.00. The Labute approximate surface area is 168 Å². The van der Waals surface area contributed by atoms with Crippen molar-refractivity contribution in [2.45, 2.75) is 6.92 Å². The van der Waals surface area contributed by atoms with E-state index in [1.807, 2.05) is 12.1 Å². The fraction of sp³-hybridized carbons (Fsp3) is 0.0556. The van der Waals surface area contributed by atoms with Crippen LogP contribution in [0, 0.1) is 6.92 Å². The lowest BCUT2D eigenvalue weighted by atomic mass is 10.2. The fourth-order valence-corrected chi connectivity index (χ4v) is 3.48. The lowest BCUT2D eigenvalue weighted by Crippen LogP contribution is -2.29. The summed E-state index contributed by atoms with van der Waals surface area (Å²) in [6.45, 7) is 1.78. The summed E-state index contributed by atoms with van der Waals surface area (Å²) in [6.07, 6.45) is 3.26. The van der Waals surface area contributed by atoms with Gasteiger partial charge in [0.15, 0.2) is 0 Å². The van der Waals surface area contributed by atoms with E-state index in [2.05, 4.69) is 31.0 Å². The zero-order valence-electron chi connectivity index (χ0n) is 14.5. The molecule has 4 rings (SSSR count). The van der Waals surface area contributed by atoms with Gasteiger partial charge in [0, 0.05) is 28.5 Å². The van der Waals surface area contributed by atoms with Crippen molar-refractivity contribution in [3.8, 4) is 22.0 Å². The number of nitrogens with one attached hydrogen (secondary N) is 2. The molecule has 0 aliphatic heterocycles. The number of carbonyl (C=O) groups is 1. The Morgan fingerprint density at radius 2 is 1.82 bits per heavy atom. The van der Waals surface area contributed by atoms with Crippen molar-refractivity contribution < 1.29 is 9.32 Å². The van der Waals surface area contributed by atoms with Crippen molar-refractivity contribution in [1.29, 1.82) is 0 Å². The molecule has 4 aromatic rings. The fourth-order valence-electron chi connectivity index (χ4n) is 2.38. The van der Waals surface area contributed by atoms with Crippen LogP contribution in [-0.4, -0.2) is 26.0 Å². The van der Waals surface area contributed by atoms with Gasteiger partial charge < -0.3 is 4.52 Å². The van der Waals surface area contributed by atoms with Crippen molar-refractivity contribution in [1.82, 2.24) is 25.5 Å². The summed E-state index contributed by atoms with van der Waals surface area (Å²) < 4.78 is 5.09. The lowest BCUT2D eigenvalue weighted by Gasteiger charge is -2.02. The summed E-state index contributed by atoms with van der Waals surface area (Å²) in [7, 11) is 0. The van der Waals surface area contributed by atoms with Gasteiger partial charge in [0.2, 0.25) is 5.82 Å². The molecule has 8 nitrogen and oxygen atoms in total. The molecule has 140 valence electrons. The summed E-state index contributed by atoms with van der Waals surface area (Å²) in [4.78, 5) is 25.5. The highest BCUT2D eigenvalue weighted by Gasteiger charge is 2.17. The quantitative estimate of drug-likeness (QED) is 0.477. The monoisotopic (exact) mass is 412 g/mol. The number of pyridine rings is 1. The third kappa shape index (κ3) is 3.85. The van der Waals surface area contributed by atoms with Crippen molar-refractivity contribution in [3.63, 3.8) is 0 Å². The van der Waals surface area contributed by atoms with Crippen LogP contribution in [0.25, 0.3) is 22.0 Å². The molecule has 0 fully saturated rings. The first-order valence-electron chi connectivity index (χ1n) is 8.14. The molecule has 2 N–H and O–H groups in total. The molecule has 0 spiro atoms. The molecule has 0 saturated heterocycles. The van der Waals surface area contributed by atoms with Gasteiger partial charge in [0.25, 0.3) is 5.91 Å². The van der Waals surface area contributed by atoms with Crippen molar-refractivity contribution in [3.05, 3.63) is 64.4 Å². The van der Waals surface area contributed by atoms with Crippen LogP contribution in [0.5, 0.6) is 0 Å². The zero-order valence-corrected chi connectivity index (χ0v) is 16.1. The van der Waals surface area contributed by atoms with E-state index in [-0.39, 0.29) is 11.9 Å². The molecule has 0 aliphatic carbocycles. The first-order chi connectivity index (χ1) is 13.6. The number of carbonyl (C=O) groups excluding carboxylic acids is 1. The first kappa shape index (κ1) is 18.1. The second-order valence-electron chi connectivity index (χ2n) is 5.68. The molecule has 0 saturated carbocycles. The summed E-state index contributed by atoms with van der Waals surface area (Å²) in [5.74, 6) is 0.0389. The van der Waals surface area contributed by atoms with Gasteiger partial charge in [-0.05, 0) is 31.2 Å². The number of rotatable bonds is 5. The molecule has 0 bridgehead atoms. The number of halogens is 1. The average molecular weight is 413 g/mol. The normalized spacial score (nSPS) is 10.6. The third-order valence-corrected chi connectivity index (χ3v) is 5.20. The SMILES string of the molecule is Cc1nc(-c2ccc(Cl)cc2)sc1C(=O)NNc1nc(-c2ccncc2)no1. The molecule has 1 amide bonds. The lowest BCUT2D eigenvalue weighted by molar-refractivity contribution is 0.0964. The van der Waals surface area contributed by atoms with Crippen LogP contribution in [0.1, 0.15) is 15.4 Å². The molecule has 0 unspecified atom stereocenters. The third-order valence-electron chi connectivity index (χ3n) is 3.74. The predicted octanol–water partition coefficient (Wildman–Crippen LogP) is 3.97. The van der Waals surface area contributed by atoms with Gasteiger partial charge >= 0.3 is 6.01 Å². The molecule has 1 aromatic carbocycles. The van der Waals surface area contributed by atoms with Gasteiger partial charge in [-0.1, -0.05) is 28.9 Å². The first-order valence-corrected chi connectivity index (χ1v) is 9.33. The minimum Gasteiger partial charge on any atom is -0.313 e. The summed E-state index contributed by atoms with van der Waals surface area (Å²) in [5, 5.41) is 5.23. The largest absolute Gasteiger partial charge is 0.340 e. The molecular formula is C18H13ClN6O2S. The van der Waals surface area contributed by atoms with E-state index in [1.165, 1.54) is 11.3 Å². The van der Waals surface area contributed by atoms with Crippen LogP contribution >= 0.6 is 22.9 Å². The molecule has 0 aliphatic rings. The van der Waals surface area contributed by atoms with Crippen molar-refractivity contribution in [2.24, 2.45) is 0 Å². The van der Waals surface area contributed by atoms with Crippen LogP contribution in [0.4, 0.5) is 6.01 Å². The number of thiazole rings is 1. The number of hydrazine groups is 1. The van der Waals surface area contributed by atoms with Crippen molar-refractivity contribution >= 4 is 34.9 Å². The van der Waals surface area contributed by atoms with E-state index in [1.54, 1.807) is 43.6 Å². The molecule has 3 heterocycles. The standard InChI is InChI=1S/C18H13ClN6O2S/c1-10-14(28-17(21-10)12-2-4-13(19)5-3-12)16(26)23-24-18-22-15(25-27-18)11-6-8-20-9-7-11/h2-9H,1H3,(H,23,26)(H,22,24,25). The van der Waals surface area contributed by atoms with Crippen LogP contribution in [-0.2, 0) is 0 Å². The van der Waals surface area contributed by atoms with E-state index >= 15 is 0 Å². The minimum absolute atomic E-state index is 0.0697. The van der Waals surface area contributed by atoms with Gasteiger partial charge in [-0.2, -0.15) is 4.98 Å². The van der Waals surface area contributed by atoms with Gasteiger partial charge in [-0.3, -0.25) is 15.2 Å². The smallest absolute Gasteiger partial charge is 0.313 e. The van der Waals surface area contributed by atoms with Gasteiger partial charge in [-0.15, -0.1) is 11.3 Å². The second kappa shape index (κ2) is 7.75. The Hall–Kier alpha value is -3.30. The average Bonchev–Trinajstić information content (AvgIpc) is 3.34. The molecule has 3 aromatic heterocycles. The number of hydrogen-bond donors (Lipinski definition) is 2. The molecule has 10 heteroatoms.